The molecule has 1 saturated carbocycles. The zero-order valence-corrected chi connectivity index (χ0v) is 14.1. The van der Waals surface area contributed by atoms with E-state index >= 15 is 0 Å². The van der Waals surface area contributed by atoms with Crippen LogP contribution in [0, 0.1) is 23.7 Å². The lowest BCUT2D eigenvalue weighted by Crippen LogP contribution is -2.61. The zero-order valence-electron chi connectivity index (χ0n) is 14.1. The average Bonchev–Trinajstić information content (AvgIpc) is 2.74. The second-order valence-corrected chi connectivity index (χ2v) is 7.80. The van der Waals surface area contributed by atoms with E-state index in [0.717, 1.165) is 19.3 Å². The first-order valence-electron chi connectivity index (χ1n) is 8.71. The largest absolute Gasteiger partial charge is 0.393 e. The van der Waals surface area contributed by atoms with Crippen molar-refractivity contribution in [1.29, 1.82) is 0 Å². The molecule has 22 heavy (non-hydrogen) atoms. The van der Waals surface area contributed by atoms with E-state index in [1.165, 1.54) is 6.42 Å². The molecule has 0 aromatic rings. The van der Waals surface area contributed by atoms with Gasteiger partial charge in [0.25, 0.3) is 0 Å². The molecular weight excluding hydrogens is 280 g/mol. The average molecular weight is 310 g/mol. The van der Waals surface area contributed by atoms with E-state index in [0.29, 0.717) is 24.9 Å². The minimum atomic E-state index is -0.601. The summed E-state index contributed by atoms with van der Waals surface area (Å²) in [5.41, 5.74) is -0.407. The van der Waals surface area contributed by atoms with Crippen molar-refractivity contribution in [2.75, 3.05) is 6.61 Å². The molecule has 4 heteroatoms. The minimum absolute atomic E-state index is 0.141. The van der Waals surface area contributed by atoms with Gasteiger partial charge in [0.2, 0.25) is 0 Å². The monoisotopic (exact) mass is 310 g/mol. The van der Waals surface area contributed by atoms with Crippen LogP contribution in [0.25, 0.3) is 0 Å². The van der Waals surface area contributed by atoms with Gasteiger partial charge in [-0.3, -0.25) is 0 Å². The second kappa shape index (κ2) is 5.90. The maximum Gasteiger partial charge on any atom is 0.198 e. The lowest BCUT2D eigenvalue weighted by Gasteiger charge is -2.53. The van der Waals surface area contributed by atoms with Gasteiger partial charge in [-0.2, -0.15) is 0 Å². The molecule has 2 bridgehead atoms. The lowest BCUT2D eigenvalue weighted by molar-refractivity contribution is -0.517. The molecule has 4 rings (SSSR count). The van der Waals surface area contributed by atoms with Crippen LogP contribution in [0.2, 0.25) is 0 Å². The van der Waals surface area contributed by atoms with Gasteiger partial charge < -0.3 is 9.84 Å². The molecule has 4 nitrogen and oxygen atoms in total. The summed E-state index contributed by atoms with van der Waals surface area (Å²) < 4.78 is 6.07. The third-order valence-corrected chi connectivity index (χ3v) is 6.41. The zero-order chi connectivity index (χ0) is 16.0. The summed E-state index contributed by atoms with van der Waals surface area (Å²) in [6, 6.07) is 0. The highest BCUT2D eigenvalue weighted by Crippen LogP contribution is 2.55. The van der Waals surface area contributed by atoms with Crippen LogP contribution in [0.4, 0.5) is 0 Å². The molecule has 126 valence electrons. The summed E-state index contributed by atoms with van der Waals surface area (Å²) in [5.74, 6) is 0.839. The Morgan fingerprint density at radius 3 is 2.73 bits per heavy atom. The summed E-state index contributed by atoms with van der Waals surface area (Å²) in [7, 11) is 0. The number of rotatable bonds is 4. The SMILES string of the molecule is C=CC[C@@H](O)[C@H](C)[C@@H]1CC[C@@H](C)[C@@H]2CC[C@@]3(C)OC[C@]12OO3. The summed E-state index contributed by atoms with van der Waals surface area (Å²) >= 11 is 0. The molecule has 1 N–H and O–H groups in total. The van der Waals surface area contributed by atoms with Crippen molar-refractivity contribution >= 4 is 0 Å². The van der Waals surface area contributed by atoms with E-state index in [9.17, 15) is 5.11 Å². The van der Waals surface area contributed by atoms with Crippen molar-refractivity contribution in [2.24, 2.45) is 23.7 Å². The number of hydrogen-bond donors (Lipinski definition) is 1. The van der Waals surface area contributed by atoms with Gasteiger partial charge in [0, 0.05) is 6.42 Å². The van der Waals surface area contributed by atoms with Gasteiger partial charge in [-0.05, 0) is 56.3 Å². The third-order valence-electron chi connectivity index (χ3n) is 6.41. The van der Waals surface area contributed by atoms with Gasteiger partial charge >= 0.3 is 0 Å². The van der Waals surface area contributed by atoms with E-state index in [4.69, 9.17) is 14.5 Å². The van der Waals surface area contributed by atoms with Gasteiger partial charge in [-0.25, -0.2) is 9.78 Å². The predicted molar refractivity (Wildman–Crippen MR) is 83.9 cm³/mol. The van der Waals surface area contributed by atoms with Crippen LogP contribution in [0.5, 0.6) is 0 Å². The van der Waals surface area contributed by atoms with Crippen LogP contribution in [-0.2, 0) is 14.5 Å². The van der Waals surface area contributed by atoms with Crippen LogP contribution in [0.15, 0.2) is 12.7 Å². The number of aliphatic hydroxyl groups excluding tert-OH is 1. The summed E-state index contributed by atoms with van der Waals surface area (Å²) in [6.07, 6.45) is 6.21. The molecule has 4 aliphatic rings. The van der Waals surface area contributed by atoms with Crippen molar-refractivity contribution in [1.82, 2.24) is 0 Å². The Balaban J connectivity index is 1.89. The Bertz CT molecular complexity index is 413. The molecule has 3 saturated heterocycles. The summed E-state index contributed by atoms with van der Waals surface area (Å²) in [4.78, 5) is 11.8. The van der Waals surface area contributed by atoms with Crippen LogP contribution in [0.1, 0.15) is 52.9 Å². The molecule has 1 aliphatic carbocycles. The van der Waals surface area contributed by atoms with Gasteiger partial charge in [0.1, 0.15) is 5.60 Å². The van der Waals surface area contributed by atoms with Crippen LogP contribution in [-0.4, -0.2) is 29.2 Å². The Morgan fingerprint density at radius 1 is 1.32 bits per heavy atom. The van der Waals surface area contributed by atoms with Crippen molar-refractivity contribution < 1.29 is 19.6 Å². The molecule has 1 spiro atoms. The van der Waals surface area contributed by atoms with Crippen molar-refractivity contribution in [2.45, 2.75) is 70.4 Å². The van der Waals surface area contributed by atoms with Crippen LogP contribution in [0.3, 0.4) is 0 Å². The van der Waals surface area contributed by atoms with E-state index in [-0.39, 0.29) is 17.9 Å². The first-order chi connectivity index (χ1) is 10.4. The van der Waals surface area contributed by atoms with E-state index in [1.807, 2.05) is 6.92 Å². The number of fused-ring (bicyclic) bond motifs is 3. The lowest BCUT2D eigenvalue weighted by atomic mass is 9.59. The molecule has 7 atom stereocenters. The molecule has 0 radical (unpaired) electrons. The smallest absolute Gasteiger partial charge is 0.198 e. The minimum Gasteiger partial charge on any atom is -0.393 e. The second-order valence-electron chi connectivity index (χ2n) is 7.80. The number of aliphatic hydroxyl groups is 1. The first kappa shape index (κ1) is 16.4. The van der Waals surface area contributed by atoms with Crippen molar-refractivity contribution in [3.63, 3.8) is 0 Å². The Morgan fingerprint density at radius 2 is 2.09 bits per heavy atom. The number of hydrogen-bond acceptors (Lipinski definition) is 4. The molecule has 3 heterocycles. The quantitative estimate of drug-likeness (QED) is 0.638. The summed E-state index contributed by atoms with van der Waals surface area (Å²) in [5, 5.41) is 10.5. The number of ether oxygens (including phenoxy) is 1. The van der Waals surface area contributed by atoms with Gasteiger partial charge in [0.05, 0.1) is 12.7 Å². The van der Waals surface area contributed by atoms with E-state index < -0.39 is 11.4 Å². The van der Waals surface area contributed by atoms with Crippen LogP contribution >= 0.6 is 0 Å². The first-order valence-corrected chi connectivity index (χ1v) is 8.71. The van der Waals surface area contributed by atoms with Crippen molar-refractivity contribution in [3.05, 3.63) is 12.7 Å². The fourth-order valence-corrected chi connectivity index (χ4v) is 4.88. The molecule has 4 fully saturated rings. The molecule has 0 unspecified atom stereocenters. The Kier molecular flexibility index (Phi) is 4.41. The molecule has 3 aliphatic heterocycles. The predicted octanol–water partition coefficient (Wildman–Crippen LogP) is 3.45. The fourth-order valence-electron chi connectivity index (χ4n) is 4.88. The fraction of sp³-hybridized carbons (Fsp3) is 0.889. The molecule has 0 amide bonds. The molecule has 0 aromatic carbocycles. The topological polar surface area (TPSA) is 47.9 Å². The molecule has 0 aromatic heterocycles. The standard InChI is InChI=1S/C18H30O4/c1-5-6-16(19)13(3)15-8-7-12(2)14-9-10-17(4)20-11-18(14,15)22-21-17/h5,12-16,19H,1,6-11H2,2-4H3/t12-,13-,14+,15+,16-,17+,18-/m1/s1. The summed E-state index contributed by atoms with van der Waals surface area (Å²) in [6.45, 7) is 10.7. The van der Waals surface area contributed by atoms with E-state index in [2.05, 4.69) is 20.4 Å². The van der Waals surface area contributed by atoms with Gasteiger partial charge in [-0.15, -0.1) is 6.58 Å². The highest BCUT2D eigenvalue weighted by molar-refractivity contribution is 5.05. The van der Waals surface area contributed by atoms with E-state index in [1.54, 1.807) is 6.08 Å². The highest BCUT2D eigenvalue weighted by atomic mass is 17.2. The van der Waals surface area contributed by atoms with Gasteiger partial charge in [-0.1, -0.05) is 19.9 Å². The maximum absolute atomic E-state index is 10.5. The Labute approximate surface area is 133 Å². The van der Waals surface area contributed by atoms with Gasteiger partial charge in [0.15, 0.2) is 5.79 Å². The Hall–Kier alpha value is -0.420. The van der Waals surface area contributed by atoms with Crippen LogP contribution < -0.4 is 0 Å². The molecular formula is C18H30O4. The maximum atomic E-state index is 10.5. The van der Waals surface area contributed by atoms with Crippen molar-refractivity contribution in [3.8, 4) is 0 Å². The highest BCUT2D eigenvalue weighted by Gasteiger charge is 2.61. The normalized spacial score (nSPS) is 47.4. The third kappa shape index (κ3) is 2.54.